The van der Waals surface area contributed by atoms with Crippen LogP contribution in [0.3, 0.4) is 0 Å². The maximum Gasteiger partial charge on any atom is 0.433 e. The van der Waals surface area contributed by atoms with Gasteiger partial charge in [-0.1, -0.05) is 19.3 Å². The normalized spacial score (nSPS) is 17.5. The van der Waals surface area contributed by atoms with E-state index in [4.69, 9.17) is 0 Å². The van der Waals surface area contributed by atoms with Crippen molar-refractivity contribution in [2.24, 2.45) is 0 Å². The molecule has 0 unspecified atom stereocenters. The van der Waals surface area contributed by atoms with E-state index in [1.165, 1.54) is 24.2 Å². The molecule has 0 atom stereocenters. The Bertz CT molecular complexity index is 428. The van der Waals surface area contributed by atoms with Crippen LogP contribution in [0.5, 0.6) is 0 Å². The fraction of sp³-hybridized carbons (Fsp3) is 0.615. The number of anilines is 1. The minimum Gasteiger partial charge on any atom is -0.386 e. The summed E-state index contributed by atoms with van der Waals surface area (Å²) in [5.74, 6) is 0. The molecular formula is C13H17F3N2S. The Morgan fingerprint density at radius 1 is 1.21 bits per heavy atom. The molecule has 0 radical (unpaired) electrons. The summed E-state index contributed by atoms with van der Waals surface area (Å²) in [5, 5.41) is 3.76. The van der Waals surface area contributed by atoms with Crippen molar-refractivity contribution < 1.29 is 13.2 Å². The van der Waals surface area contributed by atoms with Crippen LogP contribution in [0.1, 0.15) is 37.8 Å². The molecule has 1 heterocycles. The molecule has 2 nitrogen and oxygen atoms in total. The van der Waals surface area contributed by atoms with Gasteiger partial charge in [0.15, 0.2) is 0 Å². The number of rotatable bonds is 3. The lowest BCUT2D eigenvalue weighted by Gasteiger charge is -2.22. The van der Waals surface area contributed by atoms with Gasteiger partial charge in [0.25, 0.3) is 0 Å². The van der Waals surface area contributed by atoms with Crippen molar-refractivity contribution in [3.05, 3.63) is 17.8 Å². The summed E-state index contributed by atoms with van der Waals surface area (Å²) >= 11 is 1.47. The first-order valence-electron chi connectivity index (χ1n) is 6.43. The van der Waals surface area contributed by atoms with Gasteiger partial charge in [-0.15, -0.1) is 11.8 Å². The number of thioether (sulfide) groups is 1. The fourth-order valence-electron chi connectivity index (χ4n) is 2.22. The fourth-order valence-corrected chi connectivity index (χ4v) is 3.55. The van der Waals surface area contributed by atoms with E-state index in [1.807, 2.05) is 0 Å². The van der Waals surface area contributed by atoms with Crippen molar-refractivity contribution in [3.8, 4) is 0 Å². The second kappa shape index (κ2) is 6.03. The van der Waals surface area contributed by atoms with E-state index in [-0.39, 0.29) is 0 Å². The van der Waals surface area contributed by atoms with Gasteiger partial charge in [0.05, 0.1) is 5.69 Å². The predicted molar refractivity (Wildman–Crippen MR) is 71.5 cm³/mol. The highest BCUT2D eigenvalue weighted by atomic mass is 32.2. The topological polar surface area (TPSA) is 24.9 Å². The van der Waals surface area contributed by atoms with Crippen molar-refractivity contribution in [1.82, 2.24) is 4.98 Å². The van der Waals surface area contributed by atoms with Gasteiger partial charge in [-0.05, 0) is 25.0 Å². The summed E-state index contributed by atoms with van der Waals surface area (Å²) in [4.78, 5) is 3.78. The van der Waals surface area contributed by atoms with E-state index < -0.39 is 11.9 Å². The zero-order valence-electron chi connectivity index (χ0n) is 10.8. The van der Waals surface area contributed by atoms with Crippen LogP contribution in [0.4, 0.5) is 18.9 Å². The standard InChI is InChI=1S/C13H17F3N2S/c1-17-10-7-8-11(13(14,15)16)18-12(10)19-9-5-3-2-4-6-9/h7-9,17H,2-6H2,1H3. The highest BCUT2D eigenvalue weighted by Gasteiger charge is 2.33. The van der Waals surface area contributed by atoms with Gasteiger partial charge in [-0.25, -0.2) is 4.98 Å². The average Bonchev–Trinajstić information content (AvgIpc) is 2.39. The van der Waals surface area contributed by atoms with Gasteiger partial charge < -0.3 is 5.32 Å². The van der Waals surface area contributed by atoms with Crippen LogP contribution in [0.2, 0.25) is 0 Å². The molecule has 0 aromatic carbocycles. The second-order valence-electron chi connectivity index (χ2n) is 4.67. The Kier molecular flexibility index (Phi) is 4.60. The van der Waals surface area contributed by atoms with E-state index in [1.54, 1.807) is 7.05 Å². The number of hydrogen-bond donors (Lipinski definition) is 1. The van der Waals surface area contributed by atoms with Crippen LogP contribution < -0.4 is 5.32 Å². The van der Waals surface area contributed by atoms with E-state index in [9.17, 15) is 13.2 Å². The lowest BCUT2D eigenvalue weighted by molar-refractivity contribution is -0.141. The summed E-state index contributed by atoms with van der Waals surface area (Å²) < 4.78 is 38.1. The Balaban J connectivity index is 2.20. The first kappa shape index (κ1) is 14.5. The molecule has 1 aromatic heterocycles. The molecule has 0 saturated heterocycles. The quantitative estimate of drug-likeness (QED) is 0.883. The number of aromatic nitrogens is 1. The molecule has 1 N–H and O–H groups in total. The number of nitrogens with one attached hydrogen (secondary N) is 1. The SMILES string of the molecule is CNc1ccc(C(F)(F)F)nc1SC1CCCCC1. The molecular weight excluding hydrogens is 273 g/mol. The second-order valence-corrected chi connectivity index (χ2v) is 5.96. The molecule has 0 bridgehead atoms. The molecule has 19 heavy (non-hydrogen) atoms. The Hall–Kier alpha value is -0.910. The minimum atomic E-state index is -4.38. The third kappa shape index (κ3) is 3.78. The number of hydrogen-bond acceptors (Lipinski definition) is 3. The third-order valence-electron chi connectivity index (χ3n) is 3.25. The Labute approximate surface area is 115 Å². The van der Waals surface area contributed by atoms with E-state index in [2.05, 4.69) is 10.3 Å². The highest BCUT2D eigenvalue weighted by Crippen LogP contribution is 2.38. The summed E-state index contributed by atoms with van der Waals surface area (Å²) in [6, 6.07) is 2.48. The van der Waals surface area contributed by atoms with Crippen LogP contribution in [0.25, 0.3) is 0 Å². The van der Waals surface area contributed by atoms with Crippen molar-refractivity contribution in [2.45, 2.75) is 48.6 Å². The van der Waals surface area contributed by atoms with Crippen molar-refractivity contribution >= 4 is 17.4 Å². The van der Waals surface area contributed by atoms with E-state index in [0.29, 0.717) is 16.0 Å². The van der Waals surface area contributed by atoms with Gasteiger partial charge in [0.1, 0.15) is 10.7 Å². The summed E-state index contributed by atoms with van der Waals surface area (Å²) in [6.07, 6.45) is 1.29. The van der Waals surface area contributed by atoms with E-state index in [0.717, 1.165) is 31.7 Å². The lowest BCUT2D eigenvalue weighted by atomic mass is 10.0. The monoisotopic (exact) mass is 290 g/mol. The number of pyridine rings is 1. The molecule has 1 aromatic rings. The van der Waals surface area contributed by atoms with Crippen LogP contribution in [-0.2, 0) is 6.18 Å². The van der Waals surface area contributed by atoms with Crippen molar-refractivity contribution in [3.63, 3.8) is 0 Å². The number of halogens is 3. The van der Waals surface area contributed by atoms with Crippen LogP contribution in [-0.4, -0.2) is 17.3 Å². The smallest absolute Gasteiger partial charge is 0.386 e. The zero-order valence-corrected chi connectivity index (χ0v) is 11.6. The van der Waals surface area contributed by atoms with Crippen LogP contribution >= 0.6 is 11.8 Å². The first-order valence-corrected chi connectivity index (χ1v) is 7.31. The van der Waals surface area contributed by atoms with Gasteiger partial charge in [0.2, 0.25) is 0 Å². The van der Waals surface area contributed by atoms with Crippen LogP contribution in [0.15, 0.2) is 17.2 Å². The predicted octanol–water partition coefficient (Wildman–Crippen LogP) is 4.57. The van der Waals surface area contributed by atoms with E-state index >= 15 is 0 Å². The van der Waals surface area contributed by atoms with Gasteiger partial charge in [-0.2, -0.15) is 13.2 Å². The maximum atomic E-state index is 12.7. The van der Waals surface area contributed by atoms with Gasteiger partial charge >= 0.3 is 6.18 Å². The molecule has 0 aliphatic heterocycles. The number of nitrogens with zero attached hydrogens (tertiary/aromatic N) is 1. The zero-order chi connectivity index (χ0) is 13.9. The number of alkyl halides is 3. The highest BCUT2D eigenvalue weighted by molar-refractivity contribution is 8.00. The third-order valence-corrected chi connectivity index (χ3v) is 4.59. The lowest BCUT2D eigenvalue weighted by Crippen LogP contribution is -2.12. The molecule has 106 valence electrons. The Morgan fingerprint density at radius 3 is 2.47 bits per heavy atom. The van der Waals surface area contributed by atoms with Crippen LogP contribution in [0, 0.1) is 0 Å². The Morgan fingerprint density at radius 2 is 1.89 bits per heavy atom. The van der Waals surface area contributed by atoms with Crippen molar-refractivity contribution in [2.75, 3.05) is 12.4 Å². The molecule has 2 rings (SSSR count). The van der Waals surface area contributed by atoms with Gasteiger partial charge in [-0.3, -0.25) is 0 Å². The van der Waals surface area contributed by atoms with Gasteiger partial charge in [0, 0.05) is 12.3 Å². The molecule has 1 saturated carbocycles. The molecule has 1 aliphatic rings. The minimum absolute atomic E-state index is 0.386. The van der Waals surface area contributed by atoms with Crippen molar-refractivity contribution in [1.29, 1.82) is 0 Å². The summed E-state index contributed by atoms with van der Waals surface area (Å²) in [5.41, 5.74) is -0.145. The molecule has 0 amide bonds. The molecule has 1 fully saturated rings. The molecule has 6 heteroatoms. The largest absolute Gasteiger partial charge is 0.433 e. The molecule has 1 aliphatic carbocycles. The first-order chi connectivity index (χ1) is 9.00. The summed E-state index contributed by atoms with van der Waals surface area (Å²) in [7, 11) is 1.70. The average molecular weight is 290 g/mol. The maximum absolute atomic E-state index is 12.7. The molecule has 0 spiro atoms. The summed E-state index contributed by atoms with van der Waals surface area (Å²) in [6.45, 7) is 0.